The van der Waals surface area contributed by atoms with E-state index in [0.29, 0.717) is 12.8 Å². The van der Waals surface area contributed by atoms with E-state index in [-0.39, 0.29) is 51.4 Å². The van der Waals surface area contributed by atoms with Crippen molar-refractivity contribution in [2.24, 2.45) is 0 Å². The van der Waals surface area contributed by atoms with E-state index in [0.717, 1.165) is 80.2 Å². The second-order valence-corrected chi connectivity index (χ2v) is 16.3. The van der Waals surface area contributed by atoms with Gasteiger partial charge in [0.05, 0.1) is 5.75 Å². The van der Waals surface area contributed by atoms with E-state index in [9.17, 15) is 42.0 Å². The fourth-order valence-electron chi connectivity index (χ4n) is 7.73. The monoisotopic (exact) mass is 836 g/mol. The zero-order valence-corrected chi connectivity index (χ0v) is 34.5. The van der Waals surface area contributed by atoms with Crippen molar-refractivity contribution in [1.82, 2.24) is 20.7 Å². The van der Waals surface area contributed by atoms with Crippen LogP contribution in [-0.2, 0) is 90.2 Å². The van der Waals surface area contributed by atoms with Crippen molar-refractivity contribution >= 4 is 70.2 Å². The van der Waals surface area contributed by atoms with Crippen LogP contribution in [0.5, 0.6) is 0 Å². The number of carbonyl (C=O) groups is 8. The molecule has 0 atom stereocenters. The molecule has 0 bridgehead atoms. The van der Waals surface area contributed by atoms with Gasteiger partial charge in [-0.3, -0.25) is 29.8 Å². The van der Waals surface area contributed by atoms with Crippen molar-refractivity contribution in [2.75, 3.05) is 23.4 Å². The fourth-order valence-corrected chi connectivity index (χ4v) is 8.69. The van der Waals surface area contributed by atoms with Gasteiger partial charge >= 0.3 is 12.1 Å². The molecule has 0 saturated carbocycles. The second-order valence-electron chi connectivity index (χ2n) is 14.4. The predicted octanol–water partition coefficient (Wildman–Crippen LogP) is 5.28. The number of sulfonamides is 1. The van der Waals surface area contributed by atoms with Gasteiger partial charge in [0.2, 0.25) is 33.7 Å². The molecule has 328 valence electrons. The molecule has 8 amide bonds. The SMILES string of the molecule is C=O.CC(=O)NC(=O)CCCC=O.CC(=O)NC(=O)CCCS(=O)(=O)NC(=O)Nc1c2c(cc3c1CCC3)CCC2.CNC(=O)Nc1c2c(cc3c1CCC3)CCC2.[HH].[HH].[HH].[HH].[HH].[HH]. The number of hydrogen-bond acceptors (Lipinski definition) is 10. The normalized spacial score (nSPS) is 13.8. The predicted molar refractivity (Wildman–Crippen MR) is 232 cm³/mol. The zero-order valence-electron chi connectivity index (χ0n) is 33.7. The first-order chi connectivity index (χ1) is 27.7. The number of rotatable bonds is 11. The molecule has 4 aliphatic rings. The Morgan fingerprint density at radius 1 is 0.638 bits per heavy atom. The summed E-state index contributed by atoms with van der Waals surface area (Å²) in [5.41, 5.74) is 12.3. The van der Waals surface area contributed by atoms with Crippen LogP contribution in [0.4, 0.5) is 21.0 Å². The van der Waals surface area contributed by atoms with Gasteiger partial charge in [-0.25, -0.2) is 22.7 Å². The van der Waals surface area contributed by atoms with Crippen molar-refractivity contribution in [2.45, 2.75) is 123 Å². The van der Waals surface area contributed by atoms with E-state index in [1.165, 1.54) is 72.9 Å². The molecule has 6 rings (SSSR count). The number of benzene rings is 2. The molecule has 0 heterocycles. The maximum absolute atomic E-state index is 12.3. The highest BCUT2D eigenvalue weighted by Gasteiger charge is 2.27. The fraction of sp³-hybridized carbons (Fsp3) is 0.512. The van der Waals surface area contributed by atoms with Crippen LogP contribution < -0.4 is 31.3 Å². The first-order valence-corrected chi connectivity index (χ1v) is 21.3. The molecule has 0 aromatic heterocycles. The summed E-state index contributed by atoms with van der Waals surface area (Å²) < 4.78 is 26.3. The largest absolute Gasteiger partial charge is 0.341 e. The quantitative estimate of drug-likeness (QED) is 0.126. The first kappa shape index (κ1) is 46.9. The number of aryl methyl sites for hydroxylation is 4. The molecule has 0 fully saturated rings. The van der Waals surface area contributed by atoms with Crippen molar-refractivity contribution in [3.63, 3.8) is 0 Å². The lowest BCUT2D eigenvalue weighted by atomic mass is 9.99. The maximum Gasteiger partial charge on any atom is 0.332 e. The first-order valence-electron chi connectivity index (χ1n) is 19.7. The van der Waals surface area contributed by atoms with Crippen molar-refractivity contribution < 1.29 is 55.3 Å². The molecule has 17 heteroatoms. The molecule has 16 nitrogen and oxygen atoms in total. The third kappa shape index (κ3) is 14.2. The van der Waals surface area contributed by atoms with Crippen LogP contribution in [0.15, 0.2) is 12.1 Å². The van der Waals surface area contributed by atoms with Crippen LogP contribution in [0, 0.1) is 0 Å². The number of nitrogens with one attached hydrogen (secondary N) is 6. The average Bonchev–Trinajstić information content (AvgIpc) is 4.00. The molecule has 0 saturated heterocycles. The Hall–Kier alpha value is -5.45. The van der Waals surface area contributed by atoms with E-state index < -0.39 is 27.9 Å². The Labute approximate surface area is 348 Å². The Kier molecular flexibility index (Phi) is 18.7. The van der Waals surface area contributed by atoms with Crippen molar-refractivity contribution in [1.29, 1.82) is 0 Å². The van der Waals surface area contributed by atoms with Gasteiger partial charge in [-0.15, -0.1) is 0 Å². The molecule has 0 aliphatic heterocycles. The standard InChI is InChI=1S/C19H25N3O5S.C14H18N2O.C7H11NO3.CH2O.6H2/c1-12(23)20-17(24)9-4-10-28(26,27)22-19(25)21-18-15-7-2-5-13(15)11-14-6-3-8-16(14)18;1-15-14(17)16-13-11-6-2-4-9(11)8-10-5-3-7-12(10)13;1-6(10)8-7(11)4-2-3-5-9;1-2;;;;;;/h11H,2-10H2,1H3,(H,20,23,24)(H2,21,22,25);8H,2-7H2,1H3,(H2,15,16,17);5H,2-4H2,1H3,(H,8,10,11);1H2;6*1H. The minimum atomic E-state index is -3.88. The smallest absolute Gasteiger partial charge is 0.332 e. The number of aldehydes is 1. The molecule has 2 aromatic carbocycles. The number of imide groups is 2. The Bertz CT molecular complexity index is 1950. The van der Waals surface area contributed by atoms with Crippen LogP contribution in [0.3, 0.4) is 0 Å². The van der Waals surface area contributed by atoms with Gasteiger partial charge in [-0.05, 0) is 134 Å². The second kappa shape index (κ2) is 23.1. The van der Waals surface area contributed by atoms with Crippen LogP contribution in [0.25, 0.3) is 0 Å². The summed E-state index contributed by atoms with van der Waals surface area (Å²) in [7, 11) is -2.21. The molecule has 6 N–H and O–H groups in total. The highest BCUT2D eigenvalue weighted by molar-refractivity contribution is 7.90. The summed E-state index contributed by atoms with van der Waals surface area (Å²) in [6.45, 7) is 4.48. The summed E-state index contributed by atoms with van der Waals surface area (Å²) in [6.07, 6.45) is 14.6. The van der Waals surface area contributed by atoms with Crippen LogP contribution in [-0.4, -0.2) is 70.0 Å². The number of urea groups is 2. The van der Waals surface area contributed by atoms with E-state index in [4.69, 9.17) is 4.79 Å². The van der Waals surface area contributed by atoms with Crippen molar-refractivity contribution in [3.8, 4) is 0 Å². The van der Waals surface area contributed by atoms with Gasteiger partial charge in [0.1, 0.15) is 13.1 Å². The Morgan fingerprint density at radius 2 is 1.02 bits per heavy atom. The molecule has 0 spiro atoms. The minimum Gasteiger partial charge on any atom is -0.341 e. The van der Waals surface area contributed by atoms with Crippen LogP contribution >= 0.6 is 0 Å². The van der Waals surface area contributed by atoms with Crippen LogP contribution in [0.2, 0.25) is 0 Å². The van der Waals surface area contributed by atoms with E-state index >= 15 is 0 Å². The lowest BCUT2D eigenvalue weighted by molar-refractivity contribution is -0.131. The average molecular weight is 837 g/mol. The van der Waals surface area contributed by atoms with Crippen LogP contribution in [0.1, 0.15) is 125 Å². The number of hydrogen-bond donors (Lipinski definition) is 6. The van der Waals surface area contributed by atoms with Gasteiger partial charge in [-0.1, -0.05) is 12.1 Å². The Balaban J connectivity index is -0.000000433. The molecular formula is C41H68N6O10S. The number of fused-ring (bicyclic) bond motifs is 4. The topological polar surface area (TPSA) is 243 Å². The Morgan fingerprint density at radius 3 is 1.38 bits per heavy atom. The van der Waals surface area contributed by atoms with Gasteiger partial charge in [-0.2, -0.15) is 0 Å². The number of amides is 8. The number of unbranched alkanes of at least 4 members (excludes halogenated alkanes) is 1. The summed E-state index contributed by atoms with van der Waals surface area (Å²) >= 11 is 0. The van der Waals surface area contributed by atoms with Gasteiger partial charge in [0, 0.05) is 60.1 Å². The number of carbonyl (C=O) groups excluding carboxylic acids is 8. The third-order valence-electron chi connectivity index (χ3n) is 10.1. The third-order valence-corrected chi connectivity index (χ3v) is 11.4. The molecule has 4 aliphatic carbocycles. The highest BCUT2D eigenvalue weighted by Crippen LogP contribution is 2.39. The lowest BCUT2D eigenvalue weighted by Gasteiger charge is -2.16. The summed E-state index contributed by atoms with van der Waals surface area (Å²) in [4.78, 5) is 84.9. The lowest BCUT2D eigenvalue weighted by Crippen LogP contribution is -2.37. The molecule has 0 unspecified atom stereocenters. The molecule has 2 aromatic rings. The summed E-state index contributed by atoms with van der Waals surface area (Å²) in [6, 6.07) is 3.73. The van der Waals surface area contributed by atoms with Gasteiger partial charge < -0.3 is 25.5 Å². The molecule has 58 heavy (non-hydrogen) atoms. The number of anilines is 2. The van der Waals surface area contributed by atoms with Crippen molar-refractivity contribution in [3.05, 3.63) is 56.6 Å². The van der Waals surface area contributed by atoms with Gasteiger partial charge in [0.15, 0.2) is 0 Å². The summed E-state index contributed by atoms with van der Waals surface area (Å²) in [5, 5.41) is 12.6. The van der Waals surface area contributed by atoms with E-state index in [1.54, 1.807) is 7.05 Å². The molecular weight excluding hydrogens is 769 g/mol. The summed E-state index contributed by atoms with van der Waals surface area (Å²) in [5.74, 6) is -2.09. The van der Waals surface area contributed by atoms with E-state index in [1.807, 2.05) is 11.5 Å². The zero-order chi connectivity index (χ0) is 42.8. The molecule has 0 radical (unpaired) electrons. The minimum absolute atomic E-state index is 0. The highest BCUT2D eigenvalue weighted by atomic mass is 32.2. The van der Waals surface area contributed by atoms with Gasteiger partial charge in [0.25, 0.3) is 0 Å². The van der Waals surface area contributed by atoms with E-state index in [2.05, 4.69) is 38.7 Å². The maximum atomic E-state index is 12.3.